The van der Waals surface area contributed by atoms with Crippen LogP contribution in [0.3, 0.4) is 0 Å². The zero-order valence-electron chi connectivity index (χ0n) is 8.39. The van der Waals surface area contributed by atoms with E-state index in [1.165, 1.54) is 6.07 Å². The quantitative estimate of drug-likeness (QED) is 0.775. The van der Waals surface area contributed by atoms with Crippen molar-refractivity contribution in [1.29, 1.82) is 0 Å². The van der Waals surface area contributed by atoms with Gasteiger partial charge in [0.05, 0.1) is 0 Å². The Hall–Kier alpha value is -1.09. The second-order valence-corrected chi connectivity index (χ2v) is 3.33. The molecule has 1 aromatic rings. The number of phenols is 1. The summed E-state index contributed by atoms with van der Waals surface area (Å²) in [7, 11) is 0. The molecule has 0 amide bonds. The molecule has 1 aromatic carbocycles. The van der Waals surface area contributed by atoms with Crippen molar-refractivity contribution in [2.75, 3.05) is 6.54 Å². The van der Waals surface area contributed by atoms with Crippen molar-refractivity contribution in [2.45, 2.75) is 26.2 Å². The van der Waals surface area contributed by atoms with Gasteiger partial charge in [-0.3, -0.25) is 0 Å². The maximum absolute atomic E-state index is 13.2. The lowest BCUT2D eigenvalue weighted by molar-refractivity contribution is 0.424. The van der Waals surface area contributed by atoms with Crippen molar-refractivity contribution >= 4 is 0 Å². The number of rotatable bonds is 4. The molecule has 14 heavy (non-hydrogen) atoms. The fraction of sp³-hybridized carbons (Fsp3) is 0.455. The van der Waals surface area contributed by atoms with Crippen LogP contribution in [0.1, 0.15) is 24.5 Å². The van der Waals surface area contributed by atoms with E-state index < -0.39 is 5.82 Å². The Kier molecular flexibility index (Phi) is 3.89. The third-order valence-electron chi connectivity index (χ3n) is 2.26. The fourth-order valence-corrected chi connectivity index (χ4v) is 1.41. The molecule has 0 unspecified atom stereocenters. The van der Waals surface area contributed by atoms with Crippen LogP contribution in [-0.4, -0.2) is 11.7 Å². The normalized spacial score (nSPS) is 10.5. The van der Waals surface area contributed by atoms with Crippen molar-refractivity contribution < 1.29 is 9.50 Å². The molecule has 0 fully saturated rings. The molecule has 1 rings (SSSR count). The van der Waals surface area contributed by atoms with E-state index in [0.29, 0.717) is 18.5 Å². The Balaban J connectivity index is 2.95. The number of benzene rings is 1. The lowest BCUT2D eigenvalue weighted by atomic mass is 10.0. The van der Waals surface area contributed by atoms with Gasteiger partial charge in [0.15, 0.2) is 11.6 Å². The molecule has 0 aliphatic carbocycles. The molecule has 0 atom stereocenters. The van der Waals surface area contributed by atoms with Crippen LogP contribution in [0.5, 0.6) is 5.75 Å². The molecule has 0 saturated heterocycles. The molecule has 0 bridgehead atoms. The van der Waals surface area contributed by atoms with Crippen LogP contribution < -0.4 is 5.73 Å². The SMILES string of the molecule is CCc1cc(F)c(O)c(CCCN)c1. The number of nitrogens with two attached hydrogens (primary N) is 1. The summed E-state index contributed by atoms with van der Waals surface area (Å²) in [5.74, 6) is -0.757. The van der Waals surface area contributed by atoms with Crippen LogP contribution in [0, 0.1) is 5.82 Å². The molecule has 0 radical (unpaired) electrons. The Labute approximate surface area is 83.6 Å². The van der Waals surface area contributed by atoms with Crippen LogP contribution in [0.25, 0.3) is 0 Å². The molecule has 0 saturated carbocycles. The van der Waals surface area contributed by atoms with Gasteiger partial charge in [-0.25, -0.2) is 4.39 Å². The molecule has 2 nitrogen and oxygen atoms in total. The number of hydrogen-bond acceptors (Lipinski definition) is 2. The Morgan fingerprint density at radius 1 is 1.43 bits per heavy atom. The molecular formula is C11H16FNO. The monoisotopic (exact) mass is 197 g/mol. The summed E-state index contributed by atoms with van der Waals surface area (Å²) >= 11 is 0. The van der Waals surface area contributed by atoms with E-state index in [0.717, 1.165) is 18.4 Å². The fourth-order valence-electron chi connectivity index (χ4n) is 1.41. The summed E-state index contributed by atoms with van der Waals surface area (Å²) in [6, 6.07) is 3.22. The van der Waals surface area contributed by atoms with Crippen LogP contribution in [0.15, 0.2) is 12.1 Å². The van der Waals surface area contributed by atoms with Gasteiger partial charge < -0.3 is 10.8 Å². The molecule has 0 aromatic heterocycles. The number of halogens is 1. The highest BCUT2D eigenvalue weighted by Gasteiger charge is 2.08. The first-order chi connectivity index (χ1) is 6.69. The second-order valence-electron chi connectivity index (χ2n) is 3.33. The zero-order valence-corrected chi connectivity index (χ0v) is 8.39. The van der Waals surface area contributed by atoms with Crippen molar-refractivity contribution in [1.82, 2.24) is 0 Å². The van der Waals surface area contributed by atoms with Gasteiger partial charge in [-0.2, -0.15) is 0 Å². The highest BCUT2D eigenvalue weighted by atomic mass is 19.1. The Bertz CT molecular complexity index is 312. The van der Waals surface area contributed by atoms with Gasteiger partial charge in [0.1, 0.15) is 0 Å². The number of aromatic hydroxyl groups is 1. The summed E-state index contributed by atoms with van der Waals surface area (Å²) in [5.41, 5.74) is 6.93. The lowest BCUT2D eigenvalue weighted by Crippen LogP contribution is -2.01. The van der Waals surface area contributed by atoms with Crippen LogP contribution >= 0.6 is 0 Å². The first-order valence-electron chi connectivity index (χ1n) is 4.89. The average Bonchev–Trinajstić information content (AvgIpc) is 2.20. The standard InChI is InChI=1S/C11H16FNO/c1-2-8-6-9(4-3-5-13)11(14)10(12)7-8/h6-7,14H,2-5,13H2,1H3. The van der Waals surface area contributed by atoms with E-state index in [2.05, 4.69) is 0 Å². The van der Waals surface area contributed by atoms with Crippen LogP contribution in [-0.2, 0) is 12.8 Å². The van der Waals surface area contributed by atoms with E-state index in [9.17, 15) is 9.50 Å². The van der Waals surface area contributed by atoms with Gasteiger partial charge in [-0.15, -0.1) is 0 Å². The van der Waals surface area contributed by atoms with Crippen molar-refractivity contribution in [3.63, 3.8) is 0 Å². The van der Waals surface area contributed by atoms with Gasteiger partial charge in [0.25, 0.3) is 0 Å². The molecule has 78 valence electrons. The summed E-state index contributed by atoms with van der Waals surface area (Å²) in [6.45, 7) is 2.51. The van der Waals surface area contributed by atoms with Gasteiger partial charge in [-0.1, -0.05) is 13.0 Å². The van der Waals surface area contributed by atoms with Gasteiger partial charge in [-0.05, 0) is 43.0 Å². The summed E-state index contributed by atoms with van der Waals surface area (Å²) in [6.07, 6.45) is 2.17. The van der Waals surface area contributed by atoms with E-state index in [-0.39, 0.29) is 5.75 Å². The predicted octanol–water partition coefficient (Wildman–Crippen LogP) is 1.98. The van der Waals surface area contributed by atoms with Crippen molar-refractivity contribution in [2.24, 2.45) is 5.73 Å². The molecule has 3 N–H and O–H groups in total. The highest BCUT2D eigenvalue weighted by molar-refractivity contribution is 5.37. The minimum absolute atomic E-state index is 0.226. The number of phenolic OH excluding ortho intramolecular Hbond substituents is 1. The van der Waals surface area contributed by atoms with Gasteiger partial charge in [0, 0.05) is 0 Å². The van der Waals surface area contributed by atoms with Gasteiger partial charge >= 0.3 is 0 Å². The van der Waals surface area contributed by atoms with Crippen LogP contribution in [0.2, 0.25) is 0 Å². The Morgan fingerprint density at radius 2 is 2.14 bits per heavy atom. The first kappa shape index (κ1) is 11.0. The van der Waals surface area contributed by atoms with E-state index in [1.807, 2.05) is 13.0 Å². The molecule has 0 aliphatic rings. The highest BCUT2D eigenvalue weighted by Crippen LogP contribution is 2.24. The third kappa shape index (κ3) is 2.45. The maximum Gasteiger partial charge on any atom is 0.165 e. The molecule has 3 heteroatoms. The van der Waals surface area contributed by atoms with Gasteiger partial charge in [0.2, 0.25) is 0 Å². The predicted molar refractivity (Wildman–Crippen MR) is 54.8 cm³/mol. The van der Waals surface area contributed by atoms with E-state index in [1.54, 1.807) is 0 Å². The lowest BCUT2D eigenvalue weighted by Gasteiger charge is -2.07. The van der Waals surface area contributed by atoms with Crippen molar-refractivity contribution in [3.05, 3.63) is 29.1 Å². The molecule has 0 spiro atoms. The largest absolute Gasteiger partial charge is 0.505 e. The number of aryl methyl sites for hydroxylation is 2. The van der Waals surface area contributed by atoms with Crippen molar-refractivity contribution in [3.8, 4) is 5.75 Å². The molecule has 0 heterocycles. The Morgan fingerprint density at radius 3 is 2.71 bits per heavy atom. The molecular weight excluding hydrogens is 181 g/mol. The summed E-state index contributed by atoms with van der Waals surface area (Å²) < 4.78 is 13.2. The average molecular weight is 197 g/mol. The van der Waals surface area contributed by atoms with Crippen LogP contribution in [0.4, 0.5) is 4.39 Å². The maximum atomic E-state index is 13.2. The zero-order chi connectivity index (χ0) is 10.6. The second kappa shape index (κ2) is 4.96. The molecule has 0 aliphatic heterocycles. The summed E-state index contributed by atoms with van der Waals surface area (Å²) in [4.78, 5) is 0. The number of hydrogen-bond donors (Lipinski definition) is 2. The minimum Gasteiger partial charge on any atom is -0.505 e. The topological polar surface area (TPSA) is 46.2 Å². The minimum atomic E-state index is -0.531. The van der Waals surface area contributed by atoms with E-state index >= 15 is 0 Å². The van der Waals surface area contributed by atoms with E-state index in [4.69, 9.17) is 5.73 Å². The smallest absolute Gasteiger partial charge is 0.165 e. The third-order valence-corrected chi connectivity index (χ3v) is 2.26. The summed E-state index contributed by atoms with van der Waals surface area (Å²) in [5, 5.41) is 9.43. The first-order valence-corrected chi connectivity index (χ1v) is 4.89.